The van der Waals surface area contributed by atoms with Gasteiger partial charge in [-0.1, -0.05) is 29.8 Å². The van der Waals surface area contributed by atoms with Gasteiger partial charge >= 0.3 is 0 Å². The molecule has 0 spiro atoms. The van der Waals surface area contributed by atoms with Gasteiger partial charge in [0.25, 0.3) is 5.91 Å². The molecule has 2 heterocycles. The Kier molecular flexibility index (Phi) is 5.04. The van der Waals surface area contributed by atoms with Crippen LogP contribution in [0.3, 0.4) is 0 Å². The van der Waals surface area contributed by atoms with Crippen LogP contribution >= 0.6 is 11.6 Å². The summed E-state index contributed by atoms with van der Waals surface area (Å²) in [7, 11) is 0. The van der Waals surface area contributed by atoms with Crippen LogP contribution in [0.2, 0.25) is 5.02 Å². The van der Waals surface area contributed by atoms with E-state index in [9.17, 15) is 4.79 Å². The largest absolute Gasteiger partial charge is 0.451 e. The molecule has 0 aliphatic heterocycles. The quantitative estimate of drug-likeness (QED) is 0.317. The number of oxazole rings is 1. The second-order valence-corrected chi connectivity index (χ2v) is 8.07. The Morgan fingerprint density at radius 3 is 2.56 bits per heavy atom. The maximum Gasteiger partial charge on any atom is 0.291 e. The molecule has 5 nitrogen and oxygen atoms in total. The van der Waals surface area contributed by atoms with Gasteiger partial charge in [0.1, 0.15) is 11.3 Å². The zero-order chi connectivity index (χ0) is 22.2. The second-order valence-electron chi connectivity index (χ2n) is 7.63. The molecule has 0 fully saturated rings. The van der Waals surface area contributed by atoms with Crippen LogP contribution in [-0.4, -0.2) is 10.9 Å². The molecule has 5 aromatic rings. The first kappa shape index (κ1) is 20.1. The van der Waals surface area contributed by atoms with Crippen LogP contribution < -0.4 is 5.32 Å². The summed E-state index contributed by atoms with van der Waals surface area (Å²) < 4.78 is 11.6. The number of halogens is 1. The molecule has 0 saturated heterocycles. The molecule has 0 saturated carbocycles. The van der Waals surface area contributed by atoms with Gasteiger partial charge < -0.3 is 14.2 Å². The van der Waals surface area contributed by atoms with Gasteiger partial charge in [0.2, 0.25) is 5.89 Å². The fourth-order valence-corrected chi connectivity index (χ4v) is 3.64. The van der Waals surface area contributed by atoms with E-state index in [1.165, 1.54) is 11.1 Å². The minimum atomic E-state index is -0.335. The first-order valence-electron chi connectivity index (χ1n) is 10.1. The van der Waals surface area contributed by atoms with Crippen LogP contribution in [0.25, 0.3) is 33.9 Å². The fourth-order valence-electron chi connectivity index (χ4n) is 3.45. The topological polar surface area (TPSA) is 68.3 Å². The number of amides is 1. The van der Waals surface area contributed by atoms with E-state index in [0.717, 1.165) is 11.1 Å². The number of nitrogens with zero attached hydrogens (tertiary/aromatic N) is 1. The maximum absolute atomic E-state index is 12.7. The van der Waals surface area contributed by atoms with Crippen LogP contribution in [0, 0.1) is 13.8 Å². The summed E-state index contributed by atoms with van der Waals surface area (Å²) in [6, 6.07) is 22.1. The van der Waals surface area contributed by atoms with Crippen molar-refractivity contribution >= 4 is 34.3 Å². The Balaban J connectivity index is 1.37. The number of nitrogens with one attached hydrogen (secondary N) is 1. The number of benzene rings is 3. The SMILES string of the molecule is Cc1ccc(-c2ccc(C(=O)Nc3ccc4oc(-c5cccc(Cl)c5)nc4c3)o2)cc1C. The van der Waals surface area contributed by atoms with E-state index in [4.69, 9.17) is 20.4 Å². The number of hydrogen-bond donors (Lipinski definition) is 1. The number of rotatable bonds is 4. The number of hydrogen-bond acceptors (Lipinski definition) is 4. The second kappa shape index (κ2) is 8.02. The summed E-state index contributed by atoms with van der Waals surface area (Å²) in [5.41, 5.74) is 5.94. The molecule has 0 aliphatic carbocycles. The highest BCUT2D eigenvalue weighted by Gasteiger charge is 2.15. The zero-order valence-corrected chi connectivity index (χ0v) is 18.2. The maximum atomic E-state index is 12.7. The highest BCUT2D eigenvalue weighted by atomic mass is 35.5. The van der Waals surface area contributed by atoms with E-state index in [1.807, 2.05) is 37.3 Å². The Bertz CT molecular complexity index is 1470. The Labute approximate surface area is 189 Å². The molecule has 3 aromatic carbocycles. The van der Waals surface area contributed by atoms with Gasteiger partial charge in [-0.05, 0) is 79.6 Å². The number of furan rings is 1. The Morgan fingerprint density at radius 1 is 0.875 bits per heavy atom. The number of fused-ring (bicyclic) bond motifs is 1. The lowest BCUT2D eigenvalue weighted by molar-refractivity contribution is 0.0997. The first-order valence-corrected chi connectivity index (χ1v) is 10.5. The van der Waals surface area contributed by atoms with Gasteiger partial charge in [-0.3, -0.25) is 4.79 Å². The van der Waals surface area contributed by atoms with Crippen molar-refractivity contribution in [2.45, 2.75) is 13.8 Å². The van der Waals surface area contributed by atoms with E-state index in [2.05, 4.69) is 17.2 Å². The molecule has 1 amide bonds. The van der Waals surface area contributed by atoms with Gasteiger partial charge in [-0.15, -0.1) is 0 Å². The number of carbonyl (C=O) groups is 1. The lowest BCUT2D eigenvalue weighted by atomic mass is 10.1. The summed E-state index contributed by atoms with van der Waals surface area (Å²) in [5, 5.41) is 3.47. The van der Waals surface area contributed by atoms with E-state index >= 15 is 0 Å². The predicted octanol–water partition coefficient (Wildman–Crippen LogP) is 7.28. The predicted molar refractivity (Wildman–Crippen MR) is 126 cm³/mol. The van der Waals surface area contributed by atoms with Gasteiger partial charge in [0.15, 0.2) is 11.3 Å². The van der Waals surface area contributed by atoms with Crippen molar-refractivity contribution < 1.29 is 13.6 Å². The Morgan fingerprint density at radius 2 is 1.75 bits per heavy atom. The van der Waals surface area contributed by atoms with E-state index in [1.54, 1.807) is 42.5 Å². The van der Waals surface area contributed by atoms with Crippen LogP contribution in [0.15, 0.2) is 81.6 Å². The smallest absolute Gasteiger partial charge is 0.291 e. The fraction of sp³-hybridized carbons (Fsp3) is 0.0769. The normalized spacial score (nSPS) is 11.1. The monoisotopic (exact) mass is 442 g/mol. The molecule has 2 aromatic heterocycles. The van der Waals surface area contributed by atoms with E-state index in [-0.39, 0.29) is 11.7 Å². The van der Waals surface area contributed by atoms with Crippen LogP contribution in [0.1, 0.15) is 21.7 Å². The van der Waals surface area contributed by atoms with Crippen molar-refractivity contribution in [2.75, 3.05) is 5.32 Å². The summed E-state index contributed by atoms with van der Waals surface area (Å²) in [4.78, 5) is 17.2. The molecule has 0 bridgehead atoms. The van der Waals surface area contributed by atoms with Crippen LogP contribution in [-0.2, 0) is 0 Å². The van der Waals surface area contributed by atoms with Gasteiger partial charge in [0.05, 0.1) is 0 Å². The third-order valence-electron chi connectivity index (χ3n) is 5.34. The summed E-state index contributed by atoms with van der Waals surface area (Å²) >= 11 is 6.06. The molecule has 0 radical (unpaired) electrons. The Hall–Kier alpha value is -3.83. The summed E-state index contributed by atoms with van der Waals surface area (Å²) in [6.45, 7) is 4.11. The summed E-state index contributed by atoms with van der Waals surface area (Å²) in [6.07, 6.45) is 0. The number of carbonyl (C=O) groups excluding carboxylic acids is 1. The van der Waals surface area contributed by atoms with Crippen molar-refractivity contribution in [2.24, 2.45) is 0 Å². The van der Waals surface area contributed by atoms with Crippen molar-refractivity contribution in [3.8, 4) is 22.8 Å². The zero-order valence-electron chi connectivity index (χ0n) is 17.5. The van der Waals surface area contributed by atoms with Crippen molar-refractivity contribution in [3.05, 3.63) is 94.7 Å². The minimum Gasteiger partial charge on any atom is -0.451 e. The molecular formula is C26H19ClN2O3. The molecule has 32 heavy (non-hydrogen) atoms. The molecule has 0 aliphatic rings. The summed E-state index contributed by atoms with van der Waals surface area (Å²) in [5.74, 6) is 1.02. The molecule has 1 N–H and O–H groups in total. The van der Waals surface area contributed by atoms with E-state index in [0.29, 0.717) is 33.5 Å². The third-order valence-corrected chi connectivity index (χ3v) is 5.57. The first-order chi connectivity index (χ1) is 15.5. The number of aromatic nitrogens is 1. The third kappa shape index (κ3) is 3.90. The van der Waals surface area contributed by atoms with Crippen molar-refractivity contribution in [1.82, 2.24) is 4.98 Å². The van der Waals surface area contributed by atoms with E-state index < -0.39 is 0 Å². The highest BCUT2D eigenvalue weighted by molar-refractivity contribution is 6.30. The number of aryl methyl sites for hydroxylation is 2. The van der Waals surface area contributed by atoms with Crippen molar-refractivity contribution in [3.63, 3.8) is 0 Å². The number of anilines is 1. The van der Waals surface area contributed by atoms with Gasteiger partial charge in [0, 0.05) is 21.8 Å². The standard InChI is InChI=1S/C26H19ClN2O3/c1-15-6-7-17(12-16(15)2)22-10-11-24(31-22)25(30)28-20-8-9-23-21(14-20)29-26(32-23)18-4-3-5-19(27)13-18/h3-14H,1-2H3,(H,28,30). The van der Waals surface area contributed by atoms with Gasteiger partial charge in [-0.25, -0.2) is 4.98 Å². The molecule has 6 heteroatoms. The molecule has 158 valence electrons. The highest BCUT2D eigenvalue weighted by Crippen LogP contribution is 2.28. The van der Waals surface area contributed by atoms with Gasteiger partial charge in [-0.2, -0.15) is 0 Å². The lowest BCUT2D eigenvalue weighted by Crippen LogP contribution is -2.10. The molecule has 0 unspecified atom stereocenters. The average molecular weight is 443 g/mol. The van der Waals surface area contributed by atoms with Crippen molar-refractivity contribution in [1.29, 1.82) is 0 Å². The minimum absolute atomic E-state index is 0.234. The molecule has 5 rings (SSSR count). The molecule has 0 atom stereocenters. The lowest BCUT2D eigenvalue weighted by Gasteiger charge is -2.04. The molecular weight excluding hydrogens is 424 g/mol. The van der Waals surface area contributed by atoms with Crippen LogP contribution in [0.5, 0.6) is 0 Å². The van der Waals surface area contributed by atoms with Crippen LogP contribution in [0.4, 0.5) is 5.69 Å². The average Bonchev–Trinajstić information content (AvgIpc) is 3.43.